The summed E-state index contributed by atoms with van der Waals surface area (Å²) in [5.41, 5.74) is -1.76. The second-order valence-electron chi connectivity index (χ2n) is 7.22. The first-order valence-corrected chi connectivity index (χ1v) is 11.6. The molecule has 1 aliphatic rings. The smallest absolute Gasteiger partial charge is 0.336 e. The van der Waals surface area contributed by atoms with Crippen LogP contribution < -0.4 is 26.9 Å². The number of hydrogen-bond donors (Lipinski definition) is 0. The Morgan fingerprint density at radius 3 is 2.31 bits per heavy atom. The van der Waals surface area contributed by atoms with Crippen LogP contribution in [0.2, 0.25) is 0 Å². The van der Waals surface area contributed by atoms with Crippen LogP contribution in [0.25, 0.3) is 11.1 Å². The van der Waals surface area contributed by atoms with Crippen LogP contribution in [0.1, 0.15) is 6.92 Å². The Kier molecular flexibility index (Phi) is 5.21. The van der Waals surface area contributed by atoms with Crippen molar-refractivity contribution >= 4 is 18.4 Å². The highest BCUT2D eigenvalue weighted by Crippen LogP contribution is 2.56. The zero-order chi connectivity index (χ0) is 23.2. The molecule has 2 heterocycles. The largest absolute Gasteiger partial charge is 0.432 e. The molecule has 0 fully saturated rings. The van der Waals surface area contributed by atoms with Gasteiger partial charge >= 0.3 is 22.8 Å². The number of nitro benzene ring substituents is 1. The molecule has 0 radical (unpaired) electrons. The van der Waals surface area contributed by atoms with Gasteiger partial charge < -0.3 is 4.52 Å². The van der Waals surface area contributed by atoms with Gasteiger partial charge in [0.1, 0.15) is 0 Å². The Morgan fingerprint density at radius 2 is 1.62 bits per heavy atom. The lowest BCUT2D eigenvalue weighted by Crippen LogP contribution is -2.53. The van der Waals surface area contributed by atoms with Gasteiger partial charge in [-0.05, 0) is 18.6 Å². The summed E-state index contributed by atoms with van der Waals surface area (Å²) >= 11 is 0. The molecule has 1 aliphatic heterocycles. The first-order chi connectivity index (χ1) is 15.2. The molecule has 166 valence electrons. The van der Waals surface area contributed by atoms with E-state index in [2.05, 4.69) is 0 Å². The van der Waals surface area contributed by atoms with Crippen LogP contribution in [0.5, 0.6) is 5.75 Å². The highest BCUT2D eigenvalue weighted by atomic mass is 31.2. The van der Waals surface area contributed by atoms with E-state index in [9.17, 15) is 29.1 Å². The van der Waals surface area contributed by atoms with Crippen molar-refractivity contribution in [3.05, 3.63) is 84.0 Å². The zero-order valence-corrected chi connectivity index (χ0v) is 18.2. The maximum absolute atomic E-state index is 14.0. The molecule has 0 aliphatic carbocycles. The molecule has 3 aromatic rings. The molecule has 4 rings (SSSR count). The van der Waals surface area contributed by atoms with Gasteiger partial charge in [0.15, 0.2) is 0 Å². The molecule has 0 bridgehead atoms. The minimum Gasteiger partial charge on any atom is -0.432 e. The summed E-state index contributed by atoms with van der Waals surface area (Å²) in [5, 5.41) is 11.9. The fraction of sp³-hybridized carbons (Fsp3) is 0.250. The quantitative estimate of drug-likeness (QED) is 0.319. The first-order valence-electron chi connectivity index (χ1n) is 9.76. The minimum atomic E-state index is -3.76. The topological polar surface area (TPSA) is 135 Å². The SMILES string of the molecule is CCn1c(=O)n(C)c(=O)n(CCP2(=O)Oc3c(cccc3[N+](=O)[O-])-c3ccccc32)c1=O. The van der Waals surface area contributed by atoms with E-state index in [0.717, 1.165) is 13.7 Å². The molecule has 2 aromatic carbocycles. The molecule has 1 aromatic heterocycles. The number of nitrogens with zero attached hydrogens (tertiary/aromatic N) is 4. The molecule has 0 amide bonds. The average molecular weight is 458 g/mol. The molecule has 1 atom stereocenters. The lowest BCUT2D eigenvalue weighted by atomic mass is 10.0. The average Bonchev–Trinajstić information content (AvgIpc) is 2.78. The van der Waals surface area contributed by atoms with Crippen molar-refractivity contribution in [2.45, 2.75) is 20.0 Å². The Labute approximate surface area is 180 Å². The van der Waals surface area contributed by atoms with Gasteiger partial charge in [0.25, 0.3) is 7.37 Å². The van der Waals surface area contributed by atoms with E-state index in [1.165, 1.54) is 19.2 Å². The number of rotatable bonds is 5. The molecule has 12 heteroatoms. The Balaban J connectivity index is 1.83. The first kappa shape index (κ1) is 21.5. The third-order valence-corrected chi connectivity index (χ3v) is 7.81. The van der Waals surface area contributed by atoms with Crippen LogP contribution in [0.4, 0.5) is 5.69 Å². The van der Waals surface area contributed by atoms with E-state index in [4.69, 9.17) is 4.52 Å². The van der Waals surface area contributed by atoms with Crippen molar-refractivity contribution in [1.82, 2.24) is 13.7 Å². The van der Waals surface area contributed by atoms with Gasteiger partial charge in [0, 0.05) is 31.8 Å². The van der Waals surface area contributed by atoms with Crippen LogP contribution in [0.15, 0.2) is 56.8 Å². The van der Waals surface area contributed by atoms with E-state index < -0.39 is 29.4 Å². The van der Waals surface area contributed by atoms with Crippen LogP contribution >= 0.6 is 7.37 Å². The van der Waals surface area contributed by atoms with E-state index in [-0.39, 0.29) is 30.7 Å². The molecule has 1 unspecified atom stereocenters. The molecule has 0 saturated heterocycles. The van der Waals surface area contributed by atoms with Gasteiger partial charge in [-0.1, -0.05) is 30.3 Å². The van der Waals surface area contributed by atoms with Crippen LogP contribution in [-0.4, -0.2) is 24.8 Å². The Bertz CT molecular complexity index is 1480. The summed E-state index contributed by atoms with van der Waals surface area (Å²) in [4.78, 5) is 48.2. The third kappa shape index (κ3) is 3.21. The summed E-state index contributed by atoms with van der Waals surface area (Å²) in [6.45, 7) is 1.35. The summed E-state index contributed by atoms with van der Waals surface area (Å²) in [6, 6.07) is 11.1. The fourth-order valence-corrected chi connectivity index (χ4v) is 6.04. The normalized spacial score (nSPS) is 16.7. The van der Waals surface area contributed by atoms with Gasteiger partial charge in [0.05, 0.1) is 16.4 Å². The summed E-state index contributed by atoms with van der Waals surface area (Å²) < 4.78 is 22.3. The van der Waals surface area contributed by atoms with E-state index in [1.807, 2.05) is 0 Å². The van der Waals surface area contributed by atoms with Gasteiger partial charge in [-0.3, -0.25) is 14.7 Å². The van der Waals surface area contributed by atoms with Crippen molar-refractivity contribution in [2.24, 2.45) is 7.05 Å². The standard InChI is InChI=1S/C20H19N4O7P/c1-3-22-18(25)21(2)19(26)23(20(22)27)11-12-32(30)16-10-5-4-7-13(16)14-8-6-9-15(24(28)29)17(14)31-32/h4-10H,3,11-12H2,1-2H3. The van der Waals surface area contributed by atoms with Gasteiger partial charge in [0.2, 0.25) is 5.75 Å². The second-order valence-corrected chi connectivity index (χ2v) is 9.68. The van der Waals surface area contributed by atoms with Gasteiger partial charge in [-0.15, -0.1) is 0 Å². The molecular weight excluding hydrogens is 439 g/mol. The molecule has 0 saturated carbocycles. The van der Waals surface area contributed by atoms with E-state index in [1.54, 1.807) is 37.3 Å². The van der Waals surface area contributed by atoms with E-state index >= 15 is 0 Å². The van der Waals surface area contributed by atoms with Crippen LogP contribution in [-0.2, 0) is 24.7 Å². The Morgan fingerprint density at radius 1 is 0.969 bits per heavy atom. The van der Waals surface area contributed by atoms with Crippen molar-refractivity contribution < 1.29 is 14.0 Å². The van der Waals surface area contributed by atoms with Crippen molar-refractivity contribution in [3.63, 3.8) is 0 Å². The second kappa shape index (κ2) is 7.76. The summed E-state index contributed by atoms with van der Waals surface area (Å²) in [5.74, 6) is -0.113. The number of benzene rings is 2. The van der Waals surface area contributed by atoms with Crippen molar-refractivity contribution in [1.29, 1.82) is 0 Å². The molecule has 32 heavy (non-hydrogen) atoms. The summed E-state index contributed by atoms with van der Waals surface area (Å²) in [7, 11) is -2.51. The number of aromatic nitrogens is 3. The van der Waals surface area contributed by atoms with E-state index in [0.29, 0.717) is 16.4 Å². The van der Waals surface area contributed by atoms with Crippen molar-refractivity contribution in [2.75, 3.05) is 6.16 Å². The lowest BCUT2D eigenvalue weighted by Gasteiger charge is -2.28. The van der Waals surface area contributed by atoms with Crippen LogP contribution in [0, 0.1) is 10.1 Å². The monoisotopic (exact) mass is 458 g/mol. The van der Waals surface area contributed by atoms with Gasteiger partial charge in [-0.25, -0.2) is 28.1 Å². The minimum absolute atomic E-state index is 0.0579. The fourth-order valence-electron chi connectivity index (χ4n) is 3.78. The lowest BCUT2D eigenvalue weighted by molar-refractivity contribution is -0.385. The third-order valence-electron chi connectivity index (χ3n) is 5.42. The van der Waals surface area contributed by atoms with Crippen LogP contribution in [0.3, 0.4) is 0 Å². The number of nitro groups is 1. The number of hydrogen-bond acceptors (Lipinski definition) is 7. The molecule has 0 N–H and O–H groups in total. The Hall–Kier alpha value is -3.72. The molecule has 0 spiro atoms. The maximum Gasteiger partial charge on any atom is 0.336 e. The maximum atomic E-state index is 14.0. The zero-order valence-electron chi connectivity index (χ0n) is 17.3. The summed E-state index contributed by atoms with van der Waals surface area (Å²) in [6.07, 6.45) is -0.271. The number of fused-ring (bicyclic) bond motifs is 3. The molecular formula is C20H19N4O7P. The number of para-hydroxylation sites is 1. The highest BCUT2D eigenvalue weighted by Gasteiger charge is 2.39. The van der Waals surface area contributed by atoms with Gasteiger partial charge in [-0.2, -0.15) is 0 Å². The van der Waals surface area contributed by atoms with Crippen molar-refractivity contribution in [3.8, 4) is 16.9 Å². The highest BCUT2D eigenvalue weighted by molar-refractivity contribution is 7.67. The predicted molar refractivity (Wildman–Crippen MR) is 117 cm³/mol. The predicted octanol–water partition coefficient (Wildman–Crippen LogP) is 1.30. The molecule has 11 nitrogen and oxygen atoms in total.